The molecule has 0 saturated heterocycles. The van der Waals surface area contributed by atoms with Crippen molar-refractivity contribution in [1.29, 1.82) is 0 Å². The summed E-state index contributed by atoms with van der Waals surface area (Å²) in [6, 6.07) is 4.30. The number of aromatic hydroxyl groups is 2. The molecule has 0 radical (unpaired) electrons. The van der Waals surface area contributed by atoms with Crippen LogP contribution in [0.5, 0.6) is 11.5 Å². The number of phenolic OH excluding ortho intramolecular Hbond substituents is 2. The third-order valence-electron chi connectivity index (χ3n) is 4.21. The van der Waals surface area contributed by atoms with Crippen LogP contribution in [0, 0.1) is 34.6 Å². The standard InChI is InChI=1S/C17H20O4S/c1-9-6-14(18)16(8-10(9)2)22(20,21)17-13(5)12(4)11(3)7-15(17)19/h6-8,18-19H,1-5H3. The van der Waals surface area contributed by atoms with Gasteiger partial charge in [0.1, 0.15) is 21.3 Å². The van der Waals surface area contributed by atoms with E-state index >= 15 is 0 Å². The van der Waals surface area contributed by atoms with Gasteiger partial charge in [-0.1, -0.05) is 0 Å². The number of hydrogen-bond acceptors (Lipinski definition) is 4. The molecule has 0 spiro atoms. The van der Waals surface area contributed by atoms with Crippen molar-refractivity contribution < 1.29 is 18.6 Å². The largest absolute Gasteiger partial charge is 0.507 e. The van der Waals surface area contributed by atoms with Gasteiger partial charge in [-0.05, 0) is 80.6 Å². The number of rotatable bonds is 2. The average Bonchev–Trinajstić information content (AvgIpc) is 2.39. The van der Waals surface area contributed by atoms with Gasteiger partial charge in [0.05, 0.1) is 0 Å². The van der Waals surface area contributed by atoms with Gasteiger partial charge in [0.2, 0.25) is 9.84 Å². The summed E-state index contributed by atoms with van der Waals surface area (Å²) in [5, 5.41) is 20.2. The molecule has 118 valence electrons. The van der Waals surface area contributed by atoms with Crippen molar-refractivity contribution >= 4 is 9.84 Å². The summed E-state index contributed by atoms with van der Waals surface area (Å²) in [5.41, 5.74) is 3.68. The summed E-state index contributed by atoms with van der Waals surface area (Å²) in [6.45, 7) is 8.85. The van der Waals surface area contributed by atoms with Gasteiger partial charge in [0.15, 0.2) is 0 Å². The van der Waals surface area contributed by atoms with Gasteiger partial charge in [-0.2, -0.15) is 0 Å². The maximum Gasteiger partial charge on any atom is 0.214 e. The molecule has 0 aliphatic heterocycles. The molecule has 0 heterocycles. The Bertz CT molecular complexity index is 865. The Morgan fingerprint density at radius 2 is 1.23 bits per heavy atom. The zero-order valence-electron chi connectivity index (χ0n) is 13.4. The van der Waals surface area contributed by atoms with Crippen LogP contribution in [0.25, 0.3) is 0 Å². The fourth-order valence-corrected chi connectivity index (χ4v) is 4.25. The molecule has 22 heavy (non-hydrogen) atoms. The molecule has 0 aliphatic carbocycles. The molecule has 0 amide bonds. The highest BCUT2D eigenvalue weighted by atomic mass is 32.2. The summed E-state index contributed by atoms with van der Waals surface area (Å²) >= 11 is 0. The van der Waals surface area contributed by atoms with Gasteiger partial charge in [0.25, 0.3) is 0 Å². The van der Waals surface area contributed by atoms with Crippen molar-refractivity contribution in [3.8, 4) is 11.5 Å². The molecule has 5 heteroatoms. The van der Waals surface area contributed by atoms with Crippen LogP contribution in [-0.4, -0.2) is 18.6 Å². The number of aryl methyl sites for hydroxylation is 3. The first-order valence-corrected chi connectivity index (χ1v) is 8.40. The topological polar surface area (TPSA) is 74.6 Å². The van der Waals surface area contributed by atoms with Gasteiger partial charge >= 0.3 is 0 Å². The molecule has 2 rings (SSSR count). The van der Waals surface area contributed by atoms with Gasteiger partial charge in [-0.25, -0.2) is 8.42 Å². The summed E-state index contributed by atoms with van der Waals surface area (Å²) in [7, 11) is -4.01. The molecular weight excluding hydrogens is 300 g/mol. The molecule has 0 fully saturated rings. The van der Waals surface area contributed by atoms with Crippen molar-refractivity contribution in [2.24, 2.45) is 0 Å². The van der Waals surface area contributed by atoms with Crippen LogP contribution < -0.4 is 0 Å². The molecule has 0 atom stereocenters. The monoisotopic (exact) mass is 320 g/mol. The summed E-state index contributed by atoms with van der Waals surface area (Å²) < 4.78 is 25.8. The Kier molecular flexibility index (Phi) is 3.96. The predicted molar refractivity (Wildman–Crippen MR) is 85.4 cm³/mol. The maximum atomic E-state index is 12.9. The molecule has 0 unspecified atom stereocenters. The van der Waals surface area contributed by atoms with Gasteiger partial charge < -0.3 is 10.2 Å². The molecule has 0 aliphatic rings. The Morgan fingerprint density at radius 3 is 1.82 bits per heavy atom. The second kappa shape index (κ2) is 5.32. The minimum absolute atomic E-state index is 0.144. The summed E-state index contributed by atoms with van der Waals surface area (Å²) in [6.07, 6.45) is 0. The van der Waals surface area contributed by atoms with E-state index in [1.54, 1.807) is 20.8 Å². The highest BCUT2D eigenvalue weighted by Gasteiger charge is 2.28. The highest BCUT2D eigenvalue weighted by molar-refractivity contribution is 7.91. The second-order valence-corrected chi connectivity index (χ2v) is 7.55. The van der Waals surface area contributed by atoms with Crippen molar-refractivity contribution in [1.82, 2.24) is 0 Å². The normalized spacial score (nSPS) is 11.7. The number of benzene rings is 2. The van der Waals surface area contributed by atoms with E-state index in [1.807, 2.05) is 13.8 Å². The van der Waals surface area contributed by atoms with Crippen LogP contribution in [0.4, 0.5) is 0 Å². The highest BCUT2D eigenvalue weighted by Crippen LogP contribution is 2.38. The van der Waals surface area contributed by atoms with Crippen LogP contribution in [0.1, 0.15) is 27.8 Å². The van der Waals surface area contributed by atoms with Crippen molar-refractivity contribution in [2.45, 2.75) is 44.4 Å². The smallest absolute Gasteiger partial charge is 0.214 e. The second-order valence-electron chi connectivity index (χ2n) is 5.70. The minimum atomic E-state index is -4.01. The zero-order valence-corrected chi connectivity index (χ0v) is 14.2. The third-order valence-corrected chi connectivity index (χ3v) is 6.17. The molecule has 2 N–H and O–H groups in total. The fraction of sp³-hybridized carbons (Fsp3) is 0.294. The summed E-state index contributed by atoms with van der Waals surface area (Å²) in [4.78, 5) is -0.327. The third kappa shape index (κ3) is 2.46. The van der Waals surface area contributed by atoms with E-state index in [-0.39, 0.29) is 21.3 Å². The lowest BCUT2D eigenvalue weighted by molar-refractivity contribution is 0.451. The Balaban J connectivity index is 2.83. The molecule has 0 bridgehead atoms. The molecule has 0 aromatic heterocycles. The number of sulfone groups is 1. The fourth-order valence-electron chi connectivity index (χ4n) is 2.48. The lowest BCUT2D eigenvalue weighted by atomic mass is 10.0. The van der Waals surface area contributed by atoms with Crippen molar-refractivity contribution in [3.63, 3.8) is 0 Å². The summed E-state index contributed by atoms with van der Waals surface area (Å²) in [5.74, 6) is -0.599. The number of hydrogen-bond donors (Lipinski definition) is 2. The van der Waals surface area contributed by atoms with Crippen LogP contribution in [0.15, 0.2) is 28.0 Å². The average molecular weight is 320 g/mol. The lowest BCUT2D eigenvalue weighted by Crippen LogP contribution is -2.07. The first kappa shape index (κ1) is 16.4. The van der Waals surface area contributed by atoms with E-state index in [1.165, 1.54) is 18.2 Å². The quantitative estimate of drug-likeness (QED) is 0.888. The van der Waals surface area contributed by atoms with E-state index < -0.39 is 9.84 Å². The zero-order chi connectivity index (χ0) is 16.8. The molecule has 4 nitrogen and oxygen atoms in total. The van der Waals surface area contributed by atoms with Crippen LogP contribution in [-0.2, 0) is 9.84 Å². The van der Waals surface area contributed by atoms with Crippen molar-refractivity contribution in [2.75, 3.05) is 0 Å². The SMILES string of the molecule is Cc1cc(O)c(S(=O)(=O)c2c(O)cc(C)c(C)c2C)cc1C. The van der Waals surface area contributed by atoms with Crippen LogP contribution in [0.2, 0.25) is 0 Å². The first-order valence-electron chi connectivity index (χ1n) is 6.92. The molecule has 0 saturated carbocycles. The van der Waals surface area contributed by atoms with E-state index in [0.29, 0.717) is 5.56 Å². The minimum Gasteiger partial charge on any atom is -0.507 e. The first-order chi connectivity index (χ1) is 10.1. The Labute approximate surface area is 131 Å². The van der Waals surface area contributed by atoms with Crippen LogP contribution in [0.3, 0.4) is 0 Å². The van der Waals surface area contributed by atoms with Gasteiger partial charge in [-0.3, -0.25) is 0 Å². The van der Waals surface area contributed by atoms with Gasteiger partial charge in [-0.15, -0.1) is 0 Å². The van der Waals surface area contributed by atoms with Crippen LogP contribution >= 0.6 is 0 Å². The Hall–Kier alpha value is -2.01. The predicted octanol–water partition coefficient (Wildman–Crippen LogP) is 3.47. The molecule has 2 aromatic rings. The van der Waals surface area contributed by atoms with E-state index in [4.69, 9.17) is 0 Å². The van der Waals surface area contributed by atoms with Crippen molar-refractivity contribution in [3.05, 3.63) is 46.0 Å². The van der Waals surface area contributed by atoms with E-state index in [9.17, 15) is 18.6 Å². The Morgan fingerprint density at radius 1 is 0.727 bits per heavy atom. The molecular formula is C17H20O4S. The lowest BCUT2D eigenvalue weighted by Gasteiger charge is -2.16. The maximum absolute atomic E-state index is 12.9. The van der Waals surface area contributed by atoms with E-state index in [2.05, 4.69) is 0 Å². The number of phenols is 2. The van der Waals surface area contributed by atoms with E-state index in [0.717, 1.165) is 22.3 Å². The van der Waals surface area contributed by atoms with Gasteiger partial charge in [0, 0.05) is 0 Å². The molecule has 2 aromatic carbocycles.